The molecule has 0 bridgehead atoms. The van der Waals surface area contributed by atoms with Crippen LogP contribution in [0.4, 0.5) is 0 Å². The van der Waals surface area contributed by atoms with Crippen LogP contribution in [0, 0.1) is 5.41 Å². The first-order valence-corrected chi connectivity index (χ1v) is 4.12. The molecule has 0 nitrogen and oxygen atoms in total. The van der Waals surface area contributed by atoms with E-state index in [0.717, 1.165) is 12.8 Å². The molecule has 0 heterocycles. The maximum Gasteiger partial charge on any atom is 0.108 e. The van der Waals surface area contributed by atoms with Gasteiger partial charge in [-0.3, -0.25) is 0 Å². The number of halogens is 1. The lowest BCUT2D eigenvalue weighted by molar-refractivity contribution is 0.474. The van der Waals surface area contributed by atoms with Gasteiger partial charge in [-0.1, -0.05) is 38.4 Å². The van der Waals surface area contributed by atoms with Crippen LogP contribution in [-0.2, 0) is 0 Å². The minimum absolute atomic E-state index is 0.295. The second-order valence-corrected chi connectivity index (χ2v) is 3.47. The largest absolute Gasteiger partial charge is 0.114 e. The van der Waals surface area contributed by atoms with E-state index in [9.17, 15) is 0 Å². The van der Waals surface area contributed by atoms with Gasteiger partial charge in [-0.05, 0) is 6.42 Å². The van der Waals surface area contributed by atoms with E-state index in [1.54, 1.807) is 0 Å². The average Bonchev–Trinajstić information content (AvgIpc) is 1.87. The highest BCUT2D eigenvalue weighted by Gasteiger charge is 2.25. The van der Waals surface area contributed by atoms with Gasteiger partial charge >= 0.3 is 0 Å². The van der Waals surface area contributed by atoms with Gasteiger partial charge in [-0.25, -0.2) is 0 Å². The van der Waals surface area contributed by atoms with Crippen molar-refractivity contribution in [2.75, 3.05) is 0 Å². The SMILES string of the molecule is [B]C(=C)C(C)(CCC)C(=C)Cl. The smallest absolute Gasteiger partial charge is 0.108 e. The maximum absolute atomic E-state index is 5.82. The van der Waals surface area contributed by atoms with E-state index in [0.29, 0.717) is 10.5 Å². The molecule has 0 fully saturated rings. The molecule has 0 N–H and O–H groups in total. The molecule has 2 radical (unpaired) electrons. The summed E-state index contributed by atoms with van der Waals surface area (Å²) in [6, 6.07) is 0. The van der Waals surface area contributed by atoms with Crippen LogP contribution in [0.25, 0.3) is 0 Å². The molecule has 0 aromatic heterocycles. The van der Waals surface area contributed by atoms with Crippen LogP contribution in [0.2, 0.25) is 0 Å². The molecule has 11 heavy (non-hydrogen) atoms. The van der Waals surface area contributed by atoms with Crippen LogP contribution in [0.15, 0.2) is 23.7 Å². The first kappa shape index (κ1) is 10.8. The van der Waals surface area contributed by atoms with Gasteiger partial charge in [0.2, 0.25) is 0 Å². The second-order valence-electron chi connectivity index (χ2n) is 3.01. The zero-order valence-electron chi connectivity index (χ0n) is 7.28. The number of hydrogen-bond donors (Lipinski definition) is 0. The van der Waals surface area contributed by atoms with Gasteiger partial charge in [0, 0.05) is 10.4 Å². The van der Waals surface area contributed by atoms with E-state index in [2.05, 4.69) is 20.1 Å². The monoisotopic (exact) mass is 168 g/mol. The molecule has 60 valence electrons. The van der Waals surface area contributed by atoms with Crippen molar-refractivity contribution in [3.8, 4) is 0 Å². The van der Waals surface area contributed by atoms with Crippen LogP contribution >= 0.6 is 11.6 Å². The molecule has 0 saturated carbocycles. The van der Waals surface area contributed by atoms with Crippen molar-refractivity contribution >= 4 is 19.4 Å². The van der Waals surface area contributed by atoms with Crippen molar-refractivity contribution in [2.45, 2.75) is 26.7 Å². The Bertz CT molecular complexity index is 158. The lowest BCUT2D eigenvalue weighted by Crippen LogP contribution is -2.18. The molecule has 0 aliphatic heterocycles. The third-order valence-electron chi connectivity index (χ3n) is 2.06. The van der Waals surface area contributed by atoms with Gasteiger partial charge in [-0.15, -0.1) is 12.1 Å². The van der Waals surface area contributed by atoms with Gasteiger partial charge < -0.3 is 0 Å². The van der Waals surface area contributed by atoms with Crippen molar-refractivity contribution in [1.82, 2.24) is 0 Å². The maximum atomic E-state index is 5.82. The summed E-state index contributed by atoms with van der Waals surface area (Å²) in [4.78, 5) is 0. The van der Waals surface area contributed by atoms with Crippen molar-refractivity contribution in [3.05, 3.63) is 23.7 Å². The van der Waals surface area contributed by atoms with Gasteiger partial charge in [0.05, 0.1) is 0 Å². The highest BCUT2D eigenvalue weighted by Crippen LogP contribution is 2.38. The van der Waals surface area contributed by atoms with Crippen LogP contribution in [-0.4, -0.2) is 7.85 Å². The number of rotatable bonds is 4. The highest BCUT2D eigenvalue weighted by atomic mass is 35.5. The minimum Gasteiger partial charge on any atom is -0.114 e. The fourth-order valence-electron chi connectivity index (χ4n) is 0.970. The molecule has 0 aliphatic rings. The minimum atomic E-state index is -0.295. The number of allylic oxidation sites excluding steroid dienone is 2. The molecule has 1 unspecified atom stereocenters. The van der Waals surface area contributed by atoms with E-state index in [1.165, 1.54) is 0 Å². The summed E-state index contributed by atoms with van der Waals surface area (Å²) in [5, 5.41) is 0.576. The van der Waals surface area contributed by atoms with Crippen molar-refractivity contribution < 1.29 is 0 Å². The summed E-state index contributed by atoms with van der Waals surface area (Å²) >= 11 is 5.82. The lowest BCUT2D eigenvalue weighted by atomic mass is 9.70. The summed E-state index contributed by atoms with van der Waals surface area (Å²) < 4.78 is 0. The third kappa shape index (κ3) is 2.41. The normalized spacial score (nSPS) is 15.5. The molecule has 0 saturated heterocycles. The average molecular weight is 168 g/mol. The Hall–Kier alpha value is -0.165. The fourth-order valence-corrected chi connectivity index (χ4v) is 1.19. The summed E-state index contributed by atoms with van der Waals surface area (Å²) in [6.45, 7) is 11.4. The predicted octanol–water partition coefficient (Wildman–Crippen LogP) is 3.23. The Morgan fingerprint density at radius 1 is 1.55 bits per heavy atom. The predicted molar refractivity (Wildman–Crippen MR) is 52.9 cm³/mol. The molecule has 1 atom stereocenters. The van der Waals surface area contributed by atoms with Crippen molar-refractivity contribution in [2.24, 2.45) is 5.41 Å². The Morgan fingerprint density at radius 2 is 2.00 bits per heavy atom. The summed E-state index contributed by atoms with van der Waals surface area (Å²) in [5.74, 6) is 0. The lowest BCUT2D eigenvalue weighted by Gasteiger charge is -2.29. The molecule has 0 aromatic rings. The highest BCUT2D eigenvalue weighted by molar-refractivity contribution is 6.32. The summed E-state index contributed by atoms with van der Waals surface area (Å²) in [6.07, 6.45) is 1.93. The Balaban J connectivity index is 4.52. The molecule has 2 heteroatoms. The van der Waals surface area contributed by atoms with E-state index < -0.39 is 0 Å². The summed E-state index contributed by atoms with van der Waals surface area (Å²) in [7, 11) is 5.62. The second kappa shape index (κ2) is 4.01. The zero-order valence-corrected chi connectivity index (χ0v) is 8.04. The fraction of sp³-hybridized carbons (Fsp3) is 0.556. The van der Waals surface area contributed by atoms with Gasteiger partial charge in [0.15, 0.2) is 0 Å². The Kier molecular flexibility index (Phi) is 3.95. The quantitative estimate of drug-likeness (QED) is 0.566. The zero-order chi connectivity index (χ0) is 9.07. The van der Waals surface area contributed by atoms with Gasteiger partial charge in [-0.2, -0.15) is 0 Å². The van der Waals surface area contributed by atoms with E-state index in [1.807, 2.05) is 6.92 Å². The van der Waals surface area contributed by atoms with Gasteiger partial charge in [0.1, 0.15) is 7.85 Å². The molecule has 0 aromatic carbocycles. The summed E-state index contributed by atoms with van der Waals surface area (Å²) in [5.41, 5.74) is 0.301. The van der Waals surface area contributed by atoms with Crippen LogP contribution < -0.4 is 0 Å². The van der Waals surface area contributed by atoms with E-state index >= 15 is 0 Å². The topological polar surface area (TPSA) is 0 Å². The van der Waals surface area contributed by atoms with E-state index in [-0.39, 0.29) is 5.41 Å². The standard InChI is InChI=1S/C9H14BCl/c1-5-6-9(4,7(2)10)8(3)11/h2-3,5-6H2,1,4H3. The molecule has 0 aliphatic carbocycles. The first-order chi connectivity index (χ1) is 4.95. The molecular formula is C9H14BCl. The third-order valence-corrected chi connectivity index (χ3v) is 2.47. The van der Waals surface area contributed by atoms with Crippen molar-refractivity contribution in [3.63, 3.8) is 0 Å². The van der Waals surface area contributed by atoms with Crippen LogP contribution in [0.5, 0.6) is 0 Å². The molecule has 0 amide bonds. The molecule has 0 spiro atoms. The molecule has 0 rings (SSSR count). The van der Waals surface area contributed by atoms with E-state index in [4.69, 9.17) is 19.4 Å². The molecular weight excluding hydrogens is 154 g/mol. The van der Waals surface area contributed by atoms with Crippen molar-refractivity contribution in [1.29, 1.82) is 0 Å². The Morgan fingerprint density at radius 3 is 2.09 bits per heavy atom. The van der Waals surface area contributed by atoms with Crippen LogP contribution in [0.1, 0.15) is 26.7 Å². The number of hydrogen-bond acceptors (Lipinski definition) is 0. The first-order valence-electron chi connectivity index (χ1n) is 3.75. The van der Waals surface area contributed by atoms with Crippen LogP contribution in [0.3, 0.4) is 0 Å². The Labute approximate surface area is 75.7 Å². The van der Waals surface area contributed by atoms with Gasteiger partial charge in [0.25, 0.3) is 0 Å².